The third-order valence-corrected chi connectivity index (χ3v) is 3.34. The minimum atomic E-state index is -0.159. The van der Waals surface area contributed by atoms with Gasteiger partial charge in [-0.3, -0.25) is 4.79 Å². The van der Waals surface area contributed by atoms with Crippen LogP contribution in [0.5, 0.6) is 0 Å². The number of hydrogen-bond acceptors (Lipinski definition) is 1. The Bertz CT molecular complexity index is 186. The summed E-state index contributed by atoms with van der Waals surface area (Å²) in [5, 5.41) is 0. The maximum absolute atomic E-state index is 11.6. The summed E-state index contributed by atoms with van der Waals surface area (Å²) in [4.78, 5) is 13.4. The lowest BCUT2D eigenvalue weighted by Crippen LogP contribution is -2.29. The van der Waals surface area contributed by atoms with Gasteiger partial charge in [-0.2, -0.15) is 0 Å². The zero-order valence-corrected chi connectivity index (χ0v) is 8.01. The molecule has 0 bridgehead atoms. The highest BCUT2D eigenvalue weighted by molar-refractivity contribution is 5.84. The van der Waals surface area contributed by atoms with Crippen LogP contribution < -0.4 is 0 Å². The second kappa shape index (κ2) is 2.23. The summed E-state index contributed by atoms with van der Waals surface area (Å²) in [6, 6.07) is 0.387. The van der Waals surface area contributed by atoms with Crippen molar-refractivity contribution in [3.63, 3.8) is 0 Å². The minimum absolute atomic E-state index is 0.159. The Morgan fingerprint density at radius 2 is 1.82 bits per heavy atom. The van der Waals surface area contributed by atoms with Crippen molar-refractivity contribution < 1.29 is 4.79 Å². The van der Waals surface area contributed by atoms with Gasteiger partial charge in [-0.05, 0) is 12.8 Å². The van der Waals surface area contributed by atoms with Crippen LogP contribution in [0.25, 0.3) is 0 Å². The Morgan fingerprint density at radius 1 is 1.36 bits per heavy atom. The largest absolute Gasteiger partial charge is 0.342 e. The van der Waals surface area contributed by atoms with Crippen LogP contribution in [0.2, 0.25) is 0 Å². The van der Waals surface area contributed by atoms with E-state index in [1.165, 1.54) is 0 Å². The summed E-state index contributed by atoms with van der Waals surface area (Å²) in [6.07, 6.45) is 0. The third-order valence-electron chi connectivity index (χ3n) is 3.34. The summed E-state index contributed by atoms with van der Waals surface area (Å²) in [6.45, 7) is 8.31. The first-order valence-electron chi connectivity index (χ1n) is 4.16. The Labute approximate surface area is 68.6 Å². The maximum atomic E-state index is 11.6. The number of nitrogens with zero attached hydrogens (tertiary/aromatic N) is 1. The molecule has 11 heavy (non-hydrogen) atoms. The number of likely N-dealkylation sites (tertiary alicyclic amines) is 1. The van der Waals surface area contributed by atoms with Crippen LogP contribution in [0.4, 0.5) is 0 Å². The lowest BCUT2D eigenvalue weighted by molar-refractivity contribution is -0.134. The van der Waals surface area contributed by atoms with E-state index >= 15 is 0 Å². The molecule has 2 atom stereocenters. The first kappa shape index (κ1) is 8.57. The molecular formula is C9H17NO. The Balaban J connectivity index is 2.96. The van der Waals surface area contributed by atoms with Crippen LogP contribution in [0.15, 0.2) is 0 Å². The van der Waals surface area contributed by atoms with Gasteiger partial charge in [0.25, 0.3) is 0 Å². The first-order valence-corrected chi connectivity index (χ1v) is 4.16. The van der Waals surface area contributed by atoms with E-state index in [1.807, 2.05) is 25.8 Å². The summed E-state index contributed by atoms with van der Waals surface area (Å²) in [5.41, 5.74) is -0.159. The van der Waals surface area contributed by atoms with Crippen LogP contribution in [-0.4, -0.2) is 23.9 Å². The highest BCUT2D eigenvalue weighted by Gasteiger charge is 2.47. The van der Waals surface area contributed by atoms with Gasteiger partial charge in [0.2, 0.25) is 5.91 Å². The standard InChI is InChI=1S/C9H17NO/c1-6-7(2)10(5)8(11)9(6,3)4/h6-7H,1-5H3/t6-,7+/m1/s1. The van der Waals surface area contributed by atoms with E-state index in [2.05, 4.69) is 13.8 Å². The molecule has 0 aliphatic carbocycles. The zero-order chi connectivity index (χ0) is 8.81. The molecule has 2 nitrogen and oxygen atoms in total. The van der Waals surface area contributed by atoms with Crippen molar-refractivity contribution in [3.8, 4) is 0 Å². The van der Waals surface area contributed by atoms with Crippen LogP contribution >= 0.6 is 0 Å². The van der Waals surface area contributed by atoms with Crippen molar-refractivity contribution in [2.45, 2.75) is 33.7 Å². The van der Waals surface area contributed by atoms with E-state index in [-0.39, 0.29) is 11.3 Å². The number of carbonyl (C=O) groups excluding carboxylic acids is 1. The summed E-state index contributed by atoms with van der Waals surface area (Å²) < 4.78 is 0. The van der Waals surface area contributed by atoms with E-state index in [4.69, 9.17) is 0 Å². The number of amides is 1. The summed E-state index contributed by atoms with van der Waals surface area (Å²) >= 11 is 0. The molecule has 0 aromatic heterocycles. The third kappa shape index (κ3) is 0.959. The van der Waals surface area contributed by atoms with Crippen molar-refractivity contribution in [1.29, 1.82) is 0 Å². The van der Waals surface area contributed by atoms with Crippen LogP contribution in [0.1, 0.15) is 27.7 Å². The van der Waals surface area contributed by atoms with Crippen LogP contribution in [0.3, 0.4) is 0 Å². The fourth-order valence-electron chi connectivity index (χ4n) is 1.77. The van der Waals surface area contributed by atoms with E-state index in [0.29, 0.717) is 12.0 Å². The number of carbonyl (C=O) groups is 1. The summed E-state index contributed by atoms with van der Waals surface area (Å²) in [5.74, 6) is 0.734. The Hall–Kier alpha value is -0.530. The van der Waals surface area contributed by atoms with Crippen molar-refractivity contribution in [3.05, 3.63) is 0 Å². The van der Waals surface area contributed by atoms with E-state index in [0.717, 1.165) is 0 Å². The molecule has 0 spiro atoms. The molecule has 0 aromatic carbocycles. The van der Waals surface area contributed by atoms with Crippen LogP contribution in [0, 0.1) is 11.3 Å². The molecule has 64 valence electrons. The van der Waals surface area contributed by atoms with Crippen LogP contribution in [-0.2, 0) is 4.79 Å². The van der Waals surface area contributed by atoms with Gasteiger partial charge in [0.1, 0.15) is 0 Å². The highest BCUT2D eigenvalue weighted by atomic mass is 16.2. The average Bonchev–Trinajstić information content (AvgIpc) is 2.06. The molecule has 1 amide bonds. The highest BCUT2D eigenvalue weighted by Crippen LogP contribution is 2.39. The molecule has 1 aliphatic heterocycles. The van der Waals surface area contributed by atoms with Crippen molar-refractivity contribution >= 4 is 5.91 Å². The number of hydrogen-bond donors (Lipinski definition) is 0. The zero-order valence-electron chi connectivity index (χ0n) is 8.01. The van der Waals surface area contributed by atoms with Gasteiger partial charge in [-0.25, -0.2) is 0 Å². The molecule has 0 radical (unpaired) electrons. The molecule has 1 fully saturated rings. The first-order chi connectivity index (χ1) is 4.89. The molecular weight excluding hydrogens is 138 g/mol. The number of rotatable bonds is 0. The average molecular weight is 155 g/mol. The quantitative estimate of drug-likeness (QED) is 0.519. The topological polar surface area (TPSA) is 20.3 Å². The van der Waals surface area contributed by atoms with Gasteiger partial charge in [-0.1, -0.05) is 20.8 Å². The molecule has 1 aliphatic rings. The van der Waals surface area contributed by atoms with E-state index in [1.54, 1.807) is 0 Å². The summed E-state index contributed by atoms with van der Waals surface area (Å²) in [7, 11) is 1.89. The minimum Gasteiger partial charge on any atom is -0.342 e. The van der Waals surface area contributed by atoms with Gasteiger partial charge in [-0.15, -0.1) is 0 Å². The molecule has 0 aromatic rings. The lowest BCUT2D eigenvalue weighted by Gasteiger charge is -2.20. The van der Waals surface area contributed by atoms with E-state index in [9.17, 15) is 4.79 Å². The molecule has 0 unspecified atom stereocenters. The lowest BCUT2D eigenvalue weighted by atomic mass is 9.80. The molecule has 0 N–H and O–H groups in total. The SMILES string of the molecule is C[C@@H]1[C@H](C)N(C)C(=O)C1(C)C. The molecule has 1 saturated heterocycles. The van der Waals surface area contributed by atoms with Gasteiger partial charge < -0.3 is 4.90 Å². The predicted octanol–water partition coefficient (Wildman–Crippen LogP) is 1.51. The monoisotopic (exact) mass is 155 g/mol. The fourth-order valence-corrected chi connectivity index (χ4v) is 1.77. The fraction of sp³-hybridized carbons (Fsp3) is 0.889. The molecule has 2 heteroatoms. The second-order valence-electron chi connectivity index (χ2n) is 4.17. The van der Waals surface area contributed by atoms with Crippen molar-refractivity contribution in [1.82, 2.24) is 4.90 Å². The molecule has 0 saturated carbocycles. The van der Waals surface area contributed by atoms with Crippen molar-refractivity contribution in [2.75, 3.05) is 7.05 Å². The van der Waals surface area contributed by atoms with Gasteiger partial charge in [0.15, 0.2) is 0 Å². The van der Waals surface area contributed by atoms with E-state index < -0.39 is 0 Å². The van der Waals surface area contributed by atoms with Gasteiger partial charge in [0, 0.05) is 18.5 Å². The molecule has 1 heterocycles. The van der Waals surface area contributed by atoms with Gasteiger partial charge >= 0.3 is 0 Å². The second-order valence-corrected chi connectivity index (χ2v) is 4.17. The predicted molar refractivity (Wildman–Crippen MR) is 45.2 cm³/mol. The molecule has 1 rings (SSSR count). The smallest absolute Gasteiger partial charge is 0.228 e. The normalized spacial score (nSPS) is 36.5. The van der Waals surface area contributed by atoms with Gasteiger partial charge in [0.05, 0.1) is 0 Å². The maximum Gasteiger partial charge on any atom is 0.228 e. The van der Waals surface area contributed by atoms with Crippen molar-refractivity contribution in [2.24, 2.45) is 11.3 Å². The Kier molecular flexibility index (Phi) is 1.73. The Morgan fingerprint density at radius 3 is 1.91 bits per heavy atom.